The van der Waals surface area contributed by atoms with Crippen LogP contribution < -0.4 is 10.1 Å². The first-order valence-corrected chi connectivity index (χ1v) is 6.08. The average Bonchev–Trinajstić information content (AvgIpc) is 2.42. The van der Waals surface area contributed by atoms with Crippen molar-refractivity contribution in [2.24, 2.45) is 0 Å². The minimum absolute atomic E-state index is 0.0975. The maximum Gasteiger partial charge on any atom is 0.334 e. The molecule has 0 bridgehead atoms. The number of nitrogens with one attached hydrogen (secondary N) is 1. The Hall–Kier alpha value is -2.26. The molecule has 0 aliphatic carbocycles. The Bertz CT molecular complexity index is 548. The predicted octanol–water partition coefficient (Wildman–Crippen LogP) is -0.163. The maximum atomic E-state index is 11.0. The highest BCUT2D eigenvalue weighted by molar-refractivity contribution is 5.72. The molecule has 1 rings (SSSR count). The third-order valence-electron chi connectivity index (χ3n) is 2.93. The Morgan fingerprint density at radius 2 is 2.19 bits per heavy atom. The Morgan fingerprint density at radius 1 is 1.57 bits per heavy atom. The van der Waals surface area contributed by atoms with E-state index < -0.39 is 17.1 Å². The van der Waals surface area contributed by atoms with Gasteiger partial charge in [0.25, 0.3) is 5.88 Å². The van der Waals surface area contributed by atoms with Crippen molar-refractivity contribution in [3.63, 3.8) is 0 Å². The molecule has 21 heavy (non-hydrogen) atoms. The highest BCUT2D eigenvalue weighted by atomic mass is 16.6. The quantitative estimate of drug-likeness (QED) is 0.490. The van der Waals surface area contributed by atoms with E-state index in [-0.39, 0.29) is 35.1 Å². The van der Waals surface area contributed by atoms with Crippen molar-refractivity contribution in [3.05, 3.63) is 27.4 Å². The second-order valence-corrected chi connectivity index (χ2v) is 4.40. The van der Waals surface area contributed by atoms with E-state index in [1.165, 1.54) is 27.2 Å². The van der Waals surface area contributed by atoms with Gasteiger partial charge >= 0.3 is 5.69 Å². The third-order valence-corrected chi connectivity index (χ3v) is 2.93. The summed E-state index contributed by atoms with van der Waals surface area (Å²) < 4.78 is 4.81. The summed E-state index contributed by atoms with van der Waals surface area (Å²) in [6.45, 7) is 2.51. The monoisotopic (exact) mass is 299 g/mol. The van der Waals surface area contributed by atoms with E-state index in [1.54, 1.807) is 0 Å². The molecule has 0 aliphatic heterocycles. The zero-order valence-electron chi connectivity index (χ0n) is 11.9. The summed E-state index contributed by atoms with van der Waals surface area (Å²) >= 11 is 0. The molecule has 3 N–H and O–H groups in total. The van der Waals surface area contributed by atoms with Gasteiger partial charge in [0.1, 0.15) is 12.2 Å². The summed E-state index contributed by atoms with van der Waals surface area (Å²) in [5, 5.41) is 33.2. The molecule has 1 aromatic heterocycles. The number of pyridine rings is 1. The molecule has 0 spiro atoms. The lowest BCUT2D eigenvalue weighted by molar-refractivity contribution is -0.386. The van der Waals surface area contributed by atoms with Crippen LogP contribution in [-0.4, -0.2) is 45.8 Å². The highest BCUT2D eigenvalue weighted by Crippen LogP contribution is 2.33. The van der Waals surface area contributed by atoms with Gasteiger partial charge in [0.05, 0.1) is 12.0 Å². The first kappa shape index (κ1) is 16.8. The van der Waals surface area contributed by atoms with Crippen LogP contribution >= 0.6 is 0 Å². The number of amides is 1. The molecule has 2 atom stereocenters. The number of aromatic nitrogens is 1. The van der Waals surface area contributed by atoms with Crippen LogP contribution in [0.5, 0.6) is 5.88 Å². The number of carbonyl (C=O) groups is 1. The second-order valence-electron chi connectivity index (χ2n) is 4.40. The van der Waals surface area contributed by atoms with Crippen LogP contribution in [0.2, 0.25) is 0 Å². The van der Waals surface area contributed by atoms with Gasteiger partial charge in [0, 0.05) is 30.8 Å². The lowest BCUT2D eigenvalue weighted by Crippen LogP contribution is -2.34. The molecule has 0 saturated carbocycles. The molecule has 0 fully saturated rings. The van der Waals surface area contributed by atoms with E-state index in [4.69, 9.17) is 4.74 Å². The molecular formula is C12H17N3O6. The Kier molecular flexibility index (Phi) is 5.56. The van der Waals surface area contributed by atoms with Crippen molar-refractivity contribution >= 4 is 11.6 Å². The van der Waals surface area contributed by atoms with Crippen molar-refractivity contribution in [1.29, 1.82) is 0 Å². The predicted molar refractivity (Wildman–Crippen MR) is 71.8 cm³/mol. The van der Waals surface area contributed by atoms with Crippen LogP contribution in [0.25, 0.3) is 0 Å². The van der Waals surface area contributed by atoms with Gasteiger partial charge in [-0.2, -0.15) is 0 Å². The van der Waals surface area contributed by atoms with Gasteiger partial charge in [-0.25, -0.2) is 4.98 Å². The van der Waals surface area contributed by atoms with Gasteiger partial charge in [0.2, 0.25) is 5.91 Å². The fourth-order valence-electron chi connectivity index (χ4n) is 1.81. The molecule has 0 radical (unpaired) electrons. The smallest absolute Gasteiger partial charge is 0.334 e. The van der Waals surface area contributed by atoms with Gasteiger partial charge in [-0.15, -0.1) is 0 Å². The zero-order valence-corrected chi connectivity index (χ0v) is 11.9. The van der Waals surface area contributed by atoms with E-state index in [2.05, 4.69) is 10.3 Å². The van der Waals surface area contributed by atoms with Gasteiger partial charge < -0.3 is 20.3 Å². The number of methoxy groups -OCH3 is 1. The first-order valence-electron chi connectivity index (χ1n) is 6.08. The van der Waals surface area contributed by atoms with Crippen molar-refractivity contribution in [2.75, 3.05) is 13.7 Å². The minimum Gasteiger partial charge on any atom is -0.476 e. The molecule has 2 unspecified atom stereocenters. The van der Waals surface area contributed by atoms with Gasteiger partial charge in [-0.1, -0.05) is 0 Å². The molecule has 1 aromatic rings. The Labute approximate surface area is 120 Å². The Balaban J connectivity index is 3.10. The van der Waals surface area contributed by atoms with Gasteiger partial charge in [-0.3, -0.25) is 14.9 Å². The van der Waals surface area contributed by atoms with E-state index in [0.29, 0.717) is 0 Å². The molecule has 0 saturated heterocycles. The fourth-order valence-corrected chi connectivity index (χ4v) is 1.81. The standard InChI is InChI=1S/C12H17N3O6/c1-6-8(11(18)9(17)5-13-7(2)16)4-14-12(21-3)10(6)15(19)20/h4,9,11,17-18H,5H2,1-3H3,(H,13,16). The topological polar surface area (TPSA) is 135 Å². The number of ether oxygens (including phenoxy) is 1. The van der Waals surface area contributed by atoms with Crippen LogP contribution in [0, 0.1) is 17.0 Å². The molecule has 1 heterocycles. The van der Waals surface area contributed by atoms with Gasteiger partial charge in [0.15, 0.2) is 0 Å². The molecule has 1 amide bonds. The van der Waals surface area contributed by atoms with Crippen LogP contribution in [0.15, 0.2) is 6.20 Å². The lowest BCUT2D eigenvalue weighted by Gasteiger charge is -2.20. The summed E-state index contributed by atoms with van der Waals surface area (Å²) in [5.74, 6) is -0.540. The molecule has 116 valence electrons. The van der Waals surface area contributed by atoms with E-state index in [9.17, 15) is 25.1 Å². The molecule has 0 aliphatic rings. The van der Waals surface area contributed by atoms with Crippen LogP contribution in [0.4, 0.5) is 5.69 Å². The van der Waals surface area contributed by atoms with Gasteiger partial charge in [-0.05, 0) is 6.92 Å². The molecule has 9 nitrogen and oxygen atoms in total. The summed E-state index contributed by atoms with van der Waals surface area (Å²) in [5.41, 5.74) is -0.137. The highest BCUT2D eigenvalue weighted by Gasteiger charge is 2.28. The fraction of sp³-hybridized carbons (Fsp3) is 0.500. The Morgan fingerprint density at radius 3 is 2.67 bits per heavy atom. The van der Waals surface area contributed by atoms with E-state index in [1.807, 2.05) is 0 Å². The molecular weight excluding hydrogens is 282 g/mol. The van der Waals surface area contributed by atoms with Crippen molar-refractivity contribution < 1.29 is 24.7 Å². The summed E-state index contributed by atoms with van der Waals surface area (Å²) in [7, 11) is 1.25. The average molecular weight is 299 g/mol. The van der Waals surface area contributed by atoms with Crippen LogP contribution in [0.3, 0.4) is 0 Å². The van der Waals surface area contributed by atoms with Crippen molar-refractivity contribution in [1.82, 2.24) is 10.3 Å². The molecule has 9 heteroatoms. The summed E-state index contributed by atoms with van der Waals surface area (Å²) in [4.78, 5) is 24.9. The summed E-state index contributed by atoms with van der Waals surface area (Å²) in [6.07, 6.45) is -1.54. The number of nitrogens with zero attached hydrogens (tertiary/aromatic N) is 2. The summed E-state index contributed by atoms with van der Waals surface area (Å²) in [6, 6.07) is 0. The minimum atomic E-state index is -1.42. The van der Waals surface area contributed by atoms with Crippen LogP contribution in [-0.2, 0) is 4.79 Å². The number of carbonyl (C=O) groups excluding carboxylic acids is 1. The number of nitro groups is 1. The second kappa shape index (κ2) is 6.95. The SMILES string of the molecule is COc1ncc(C(O)C(O)CNC(C)=O)c(C)c1[N+](=O)[O-]. The lowest BCUT2D eigenvalue weighted by atomic mass is 10.0. The third kappa shape index (κ3) is 3.86. The van der Waals surface area contributed by atoms with E-state index >= 15 is 0 Å². The van der Waals surface area contributed by atoms with Crippen LogP contribution in [0.1, 0.15) is 24.2 Å². The number of hydrogen-bond donors (Lipinski definition) is 3. The van der Waals surface area contributed by atoms with Crippen molar-refractivity contribution in [3.8, 4) is 5.88 Å². The number of aliphatic hydroxyl groups is 2. The number of rotatable bonds is 6. The first-order chi connectivity index (χ1) is 9.79. The van der Waals surface area contributed by atoms with Crippen molar-refractivity contribution in [2.45, 2.75) is 26.1 Å². The number of hydrogen-bond acceptors (Lipinski definition) is 7. The number of aliphatic hydroxyl groups excluding tert-OH is 2. The van der Waals surface area contributed by atoms with E-state index in [0.717, 1.165) is 0 Å². The largest absolute Gasteiger partial charge is 0.476 e. The normalized spacial score (nSPS) is 13.4. The zero-order chi connectivity index (χ0) is 16.2. The molecule has 0 aromatic carbocycles. The maximum absolute atomic E-state index is 11.0.